The zero-order valence-electron chi connectivity index (χ0n) is 87.1. The molecule has 0 saturated heterocycles. The molecule has 762 valence electrons. The topological polar surface area (TPSA) is 0 Å². The molecular weight excluding hydrogens is 1680 g/mol. The van der Waals surface area contributed by atoms with Gasteiger partial charge in [0.25, 0.3) is 0 Å². The highest BCUT2D eigenvalue weighted by Gasteiger charge is 2.61. The van der Waals surface area contributed by atoms with Crippen molar-refractivity contribution in [1.82, 2.24) is 0 Å². The molecule has 2 fully saturated rings. The van der Waals surface area contributed by atoms with Crippen LogP contribution < -0.4 is 0 Å². The van der Waals surface area contributed by atoms with Crippen molar-refractivity contribution in [2.45, 2.75) is 460 Å². The molecule has 27 heteroatoms. The van der Waals surface area contributed by atoms with Gasteiger partial charge >= 0.3 is 55.6 Å². The van der Waals surface area contributed by atoms with Gasteiger partial charge in [-0.2, -0.15) is 119 Å². The first kappa shape index (κ1) is 140. The van der Waals surface area contributed by atoms with Crippen molar-refractivity contribution in [2.75, 3.05) is 0 Å². The Labute approximate surface area is 740 Å². The summed E-state index contributed by atoms with van der Waals surface area (Å²) >= 11 is 0. The Kier molecular flexibility index (Phi) is 56.9. The standard InChI is InChI=1S/C11H21F3.C10H19F3.C10H22.C9H17F3.C9H20.2C8H13F3.4C8H15F3/c1-8(2,3)9(4,5)10(6,7)11(12,13)14;1-7(8(2,3)4)9(5,6)10(11,12)13;1-8(2)10(6,7)9(3,4)5;1-6(2)8(4,5)7(3)9(10,11)12;1-7(2)8(3)9(4,5)6;1-6-2-4-7(5-3-6)8(9,10)11;1-6-3-2-4-7(5-6)8(9,10)11;2*1-6(2,3)7(4,5)8(9,10)11;2*1-5(2)6(3)7(4)8(9,10)11/h1-7H3;7H,1-6H3;8H,1-7H3;6-7H,1-5H3;7-8H,1-6H3;2*6-7H,2-5H2,1H3;2*1-5H3;2*5-7H,1-4H3/t;7-;;;8-;;6-,7?;;;2*6-,7?/m.1..1.1..11/s1. The van der Waals surface area contributed by atoms with Crippen LogP contribution in [0, 0.1) is 165 Å². The molecule has 0 spiro atoms. The fourth-order valence-corrected chi connectivity index (χ4v) is 11.3. The first-order valence-electron chi connectivity index (χ1n) is 44.4. The molecule has 0 aromatic heterocycles. The van der Waals surface area contributed by atoms with E-state index in [4.69, 9.17) is 0 Å². The van der Waals surface area contributed by atoms with E-state index in [1.54, 1.807) is 90.0 Å². The Balaban J connectivity index is -0.000000168. The van der Waals surface area contributed by atoms with Gasteiger partial charge in [-0.3, -0.25) is 0 Å². The van der Waals surface area contributed by atoms with Crippen molar-refractivity contribution >= 4 is 0 Å². The average molecular weight is 1860 g/mol. The van der Waals surface area contributed by atoms with Crippen molar-refractivity contribution in [2.24, 2.45) is 165 Å². The van der Waals surface area contributed by atoms with E-state index < -0.39 is 134 Å². The number of hydrogen-bond donors (Lipinski definition) is 0. The second-order valence-corrected chi connectivity index (χ2v) is 47.7. The van der Waals surface area contributed by atoms with Crippen LogP contribution in [0.4, 0.5) is 119 Å². The monoisotopic (exact) mass is 1860 g/mol. The summed E-state index contributed by atoms with van der Waals surface area (Å²) in [6, 6.07) is 0. The van der Waals surface area contributed by atoms with Gasteiger partial charge in [-0.15, -0.1) is 0 Å². The van der Waals surface area contributed by atoms with Gasteiger partial charge in [-0.25, -0.2) is 0 Å². The fourth-order valence-electron chi connectivity index (χ4n) is 11.3. The van der Waals surface area contributed by atoms with Crippen molar-refractivity contribution in [3.63, 3.8) is 0 Å². The minimum atomic E-state index is -4.16. The molecule has 0 radical (unpaired) electrons. The highest BCUT2D eigenvalue weighted by atomic mass is 19.4. The fraction of sp³-hybridized carbons (Fsp3) is 1.00. The summed E-state index contributed by atoms with van der Waals surface area (Å²) in [6.07, 6.45) is -32.0. The van der Waals surface area contributed by atoms with Gasteiger partial charge in [0.1, 0.15) is 0 Å². The number of halogens is 27. The Bertz CT molecular complexity index is 2610. The molecule has 9 atom stereocenters. The molecule has 0 bridgehead atoms. The van der Waals surface area contributed by atoms with Crippen LogP contribution in [0.1, 0.15) is 404 Å². The largest absolute Gasteiger partial charge is 0.394 e. The van der Waals surface area contributed by atoms with Crippen LogP contribution in [0.3, 0.4) is 0 Å². The lowest BCUT2D eigenvalue weighted by Gasteiger charge is -2.51. The molecule has 0 N–H and O–H groups in total. The summed E-state index contributed by atoms with van der Waals surface area (Å²) in [5.41, 5.74) is -8.90. The van der Waals surface area contributed by atoms with Gasteiger partial charge in [-0.1, -0.05) is 379 Å². The molecular formula is C97H185F27. The average Bonchev–Trinajstić information content (AvgIpc) is 0.749. The molecule has 0 amide bonds. The molecule has 2 aliphatic rings. The SMILES string of the molecule is CC(C)(C)C(C)(C)C(C)(C)C(F)(F)F.CC(C)(C)C(C)(C)C(F)(F)F.CC(C)(C)C(C)(C)C(F)(F)F.CC(C)C(C)(C)C(C)(C)C.CC(C)C(C)(C)C(C)C(F)(F)F.CC(C)[C@@H](C)C(C)(C)C.CC(C)[C@@H](C)C(C)C(F)(F)F.CC(C)[C@@H](C)C(C)C(F)(F)F.CC1CCC(C(F)(F)F)CC1.C[C@@H]1CCCC(C(F)(F)F)C1.C[C@H](C(C)(C)C)C(C)(C)C(F)(F)F. The third-order valence-electron chi connectivity index (χ3n) is 30.9. The Morgan fingerprint density at radius 2 is 0.500 bits per heavy atom. The van der Waals surface area contributed by atoms with Crippen LogP contribution in [0.15, 0.2) is 0 Å². The van der Waals surface area contributed by atoms with Crippen LogP contribution >= 0.6 is 0 Å². The van der Waals surface area contributed by atoms with Crippen LogP contribution in [-0.2, 0) is 0 Å². The number of hydrogen-bond acceptors (Lipinski definition) is 0. The van der Waals surface area contributed by atoms with E-state index in [-0.39, 0.29) is 46.3 Å². The van der Waals surface area contributed by atoms with Gasteiger partial charge in [0, 0.05) is 0 Å². The second kappa shape index (κ2) is 50.4. The second-order valence-electron chi connectivity index (χ2n) is 47.7. The Morgan fingerprint density at radius 3 is 0.597 bits per heavy atom. The minimum absolute atomic E-state index is 0.0362. The predicted octanol–water partition coefficient (Wildman–Crippen LogP) is 40.8. The van der Waals surface area contributed by atoms with E-state index in [1.165, 1.54) is 76.2 Å². The molecule has 2 rings (SSSR count). The molecule has 0 aliphatic heterocycles. The molecule has 0 nitrogen and oxygen atoms in total. The molecule has 2 aliphatic carbocycles. The first-order valence-corrected chi connectivity index (χ1v) is 44.4. The lowest BCUT2D eigenvalue weighted by molar-refractivity contribution is -0.263. The van der Waals surface area contributed by atoms with E-state index in [0.29, 0.717) is 47.8 Å². The third-order valence-corrected chi connectivity index (χ3v) is 30.9. The number of rotatable bonds is 10. The van der Waals surface area contributed by atoms with E-state index in [9.17, 15) is 119 Å². The Morgan fingerprint density at radius 1 is 0.226 bits per heavy atom. The normalized spacial score (nSPS) is 19.6. The van der Waals surface area contributed by atoms with Crippen LogP contribution in [0.25, 0.3) is 0 Å². The summed E-state index contributed by atoms with van der Waals surface area (Å²) in [6.45, 7) is 90.9. The van der Waals surface area contributed by atoms with E-state index >= 15 is 0 Å². The highest BCUT2D eigenvalue weighted by Crippen LogP contribution is 2.59. The molecule has 0 aromatic carbocycles. The summed E-state index contributed by atoms with van der Waals surface area (Å²) < 4.78 is 332. The summed E-state index contributed by atoms with van der Waals surface area (Å²) in [5.74, 6) is -3.31. The zero-order chi connectivity index (χ0) is 104. The third kappa shape index (κ3) is 49.7. The van der Waals surface area contributed by atoms with Crippen molar-refractivity contribution in [3.05, 3.63) is 0 Å². The number of alkyl halides is 27. The molecule has 124 heavy (non-hydrogen) atoms. The predicted molar refractivity (Wildman–Crippen MR) is 468 cm³/mol. The lowest BCUT2D eigenvalue weighted by Crippen LogP contribution is -2.51. The van der Waals surface area contributed by atoms with E-state index in [0.717, 1.165) is 43.4 Å². The van der Waals surface area contributed by atoms with Crippen LogP contribution in [-0.4, -0.2) is 55.6 Å². The molecule has 2 saturated carbocycles. The van der Waals surface area contributed by atoms with Gasteiger partial charge in [-0.05, 0) is 140 Å². The van der Waals surface area contributed by atoms with Gasteiger partial charge in [0.15, 0.2) is 0 Å². The summed E-state index contributed by atoms with van der Waals surface area (Å²) in [7, 11) is 0. The summed E-state index contributed by atoms with van der Waals surface area (Å²) in [5, 5.41) is 0. The quantitative estimate of drug-likeness (QED) is 0.191. The van der Waals surface area contributed by atoms with E-state index in [1.807, 2.05) is 96.9 Å². The van der Waals surface area contributed by atoms with E-state index in [2.05, 4.69) is 90.0 Å². The molecule has 0 heterocycles. The maximum atomic E-state index is 12.9. The summed E-state index contributed by atoms with van der Waals surface area (Å²) in [4.78, 5) is 0. The molecule has 0 aromatic rings. The van der Waals surface area contributed by atoms with Gasteiger partial charge in [0.05, 0.1) is 51.2 Å². The highest BCUT2D eigenvalue weighted by molar-refractivity contribution is 4.98. The smallest absolute Gasteiger partial charge is 0.171 e. The van der Waals surface area contributed by atoms with Gasteiger partial charge in [0.2, 0.25) is 0 Å². The van der Waals surface area contributed by atoms with Crippen molar-refractivity contribution < 1.29 is 119 Å². The van der Waals surface area contributed by atoms with Crippen LogP contribution in [0.2, 0.25) is 0 Å². The maximum absolute atomic E-state index is 12.9. The van der Waals surface area contributed by atoms with Crippen LogP contribution in [0.5, 0.6) is 0 Å². The maximum Gasteiger partial charge on any atom is 0.394 e. The first-order chi connectivity index (χ1) is 52.8. The molecule has 4 unspecified atom stereocenters. The minimum Gasteiger partial charge on any atom is -0.171 e. The zero-order valence-corrected chi connectivity index (χ0v) is 87.1. The van der Waals surface area contributed by atoms with Crippen molar-refractivity contribution in [3.8, 4) is 0 Å². The van der Waals surface area contributed by atoms with Gasteiger partial charge < -0.3 is 0 Å². The van der Waals surface area contributed by atoms with Crippen molar-refractivity contribution in [1.29, 1.82) is 0 Å². The lowest BCUT2D eigenvalue weighted by atomic mass is 9.55. The Hall–Kier alpha value is -1.89.